The van der Waals surface area contributed by atoms with E-state index in [1.54, 1.807) is 11.3 Å². The zero-order valence-corrected chi connectivity index (χ0v) is 11.6. The van der Waals surface area contributed by atoms with Gasteiger partial charge in [-0.05, 0) is 13.8 Å². The van der Waals surface area contributed by atoms with Crippen molar-refractivity contribution < 1.29 is 9.53 Å². The van der Waals surface area contributed by atoms with E-state index in [0.29, 0.717) is 13.2 Å². The fraction of sp³-hybridized carbons (Fsp3) is 0.667. The van der Waals surface area contributed by atoms with Gasteiger partial charge < -0.3 is 10.1 Å². The maximum Gasteiger partial charge on any atom is 0.324 e. The minimum Gasteiger partial charge on any atom is -0.465 e. The number of nitrogens with one attached hydrogen (secondary N) is 1. The van der Waals surface area contributed by atoms with Crippen LogP contribution >= 0.6 is 11.3 Å². The van der Waals surface area contributed by atoms with Crippen LogP contribution in [-0.2, 0) is 9.53 Å². The van der Waals surface area contributed by atoms with Gasteiger partial charge in [0, 0.05) is 36.8 Å². The number of ether oxygens (including phenoxy) is 1. The summed E-state index contributed by atoms with van der Waals surface area (Å²) >= 11 is 1.63. The van der Waals surface area contributed by atoms with Crippen LogP contribution in [0.5, 0.6) is 0 Å². The molecule has 0 spiro atoms. The van der Waals surface area contributed by atoms with Gasteiger partial charge in [0.15, 0.2) is 0 Å². The van der Waals surface area contributed by atoms with Gasteiger partial charge in [-0.2, -0.15) is 0 Å². The molecule has 0 saturated carbocycles. The van der Waals surface area contributed by atoms with Gasteiger partial charge in [0.1, 0.15) is 6.04 Å². The van der Waals surface area contributed by atoms with Gasteiger partial charge in [0.2, 0.25) is 0 Å². The van der Waals surface area contributed by atoms with Crippen molar-refractivity contribution in [1.82, 2.24) is 15.2 Å². The smallest absolute Gasteiger partial charge is 0.324 e. The van der Waals surface area contributed by atoms with Crippen LogP contribution in [0.4, 0.5) is 0 Å². The molecule has 2 unspecified atom stereocenters. The molecular weight excluding hydrogens is 250 g/mol. The molecule has 2 heterocycles. The Bertz CT molecular complexity index is 383. The minimum absolute atomic E-state index is 0.138. The van der Waals surface area contributed by atoms with Crippen LogP contribution in [0.15, 0.2) is 11.7 Å². The Morgan fingerprint density at radius 3 is 3.28 bits per heavy atom. The molecule has 100 valence electrons. The Balaban J connectivity index is 2.10. The third kappa shape index (κ3) is 2.88. The highest BCUT2D eigenvalue weighted by Crippen LogP contribution is 2.26. The number of rotatable bonds is 4. The predicted molar refractivity (Wildman–Crippen MR) is 70.5 cm³/mol. The molecule has 5 nitrogen and oxygen atoms in total. The average molecular weight is 269 g/mol. The molecule has 1 aliphatic heterocycles. The Morgan fingerprint density at radius 1 is 1.78 bits per heavy atom. The van der Waals surface area contributed by atoms with Crippen molar-refractivity contribution in [3.63, 3.8) is 0 Å². The van der Waals surface area contributed by atoms with E-state index in [2.05, 4.69) is 22.1 Å². The summed E-state index contributed by atoms with van der Waals surface area (Å²) in [5.41, 5.74) is 1.83. The molecule has 1 aromatic heterocycles. The van der Waals surface area contributed by atoms with Crippen molar-refractivity contribution in [2.24, 2.45) is 0 Å². The van der Waals surface area contributed by atoms with Crippen molar-refractivity contribution in [3.8, 4) is 0 Å². The first-order valence-electron chi connectivity index (χ1n) is 6.25. The van der Waals surface area contributed by atoms with Crippen LogP contribution in [0.2, 0.25) is 0 Å². The number of aromatic nitrogens is 1. The lowest BCUT2D eigenvalue weighted by Gasteiger charge is -2.38. The highest BCUT2D eigenvalue weighted by Gasteiger charge is 2.33. The normalized spacial score (nSPS) is 22.7. The van der Waals surface area contributed by atoms with Gasteiger partial charge in [-0.3, -0.25) is 14.7 Å². The summed E-state index contributed by atoms with van der Waals surface area (Å²) in [6.07, 6.45) is 1.87. The second-order valence-electron chi connectivity index (χ2n) is 4.29. The molecule has 2 atom stereocenters. The monoisotopic (exact) mass is 269 g/mol. The summed E-state index contributed by atoms with van der Waals surface area (Å²) in [5, 5.41) is 3.25. The fourth-order valence-electron chi connectivity index (χ4n) is 2.24. The fourth-order valence-corrected chi connectivity index (χ4v) is 2.93. The van der Waals surface area contributed by atoms with E-state index < -0.39 is 0 Å². The van der Waals surface area contributed by atoms with Crippen molar-refractivity contribution in [2.75, 3.05) is 26.2 Å². The first-order chi connectivity index (χ1) is 8.74. The van der Waals surface area contributed by atoms with Gasteiger partial charge in [-0.1, -0.05) is 0 Å². The maximum atomic E-state index is 12.0. The number of thiazole rings is 1. The highest BCUT2D eigenvalue weighted by molar-refractivity contribution is 7.09. The van der Waals surface area contributed by atoms with Crippen LogP contribution in [0.25, 0.3) is 0 Å². The van der Waals surface area contributed by atoms with Crippen molar-refractivity contribution in [1.29, 1.82) is 0 Å². The molecule has 0 bridgehead atoms. The molecule has 1 saturated heterocycles. The first-order valence-corrected chi connectivity index (χ1v) is 7.13. The third-order valence-corrected chi connectivity index (χ3v) is 4.15. The maximum absolute atomic E-state index is 12.0. The Kier molecular flexibility index (Phi) is 4.68. The summed E-state index contributed by atoms with van der Waals surface area (Å²) < 4.78 is 5.15. The van der Waals surface area contributed by atoms with Crippen molar-refractivity contribution >= 4 is 17.3 Å². The number of piperazine rings is 1. The van der Waals surface area contributed by atoms with E-state index in [-0.39, 0.29) is 18.1 Å². The van der Waals surface area contributed by atoms with Crippen LogP contribution in [-0.4, -0.2) is 48.1 Å². The Hall–Kier alpha value is -0.980. The molecule has 0 amide bonds. The lowest BCUT2D eigenvalue weighted by molar-refractivity contribution is -0.151. The van der Waals surface area contributed by atoms with Gasteiger partial charge in [-0.25, -0.2) is 0 Å². The molecule has 18 heavy (non-hydrogen) atoms. The van der Waals surface area contributed by atoms with Gasteiger partial charge in [0.25, 0.3) is 0 Å². The van der Waals surface area contributed by atoms with Crippen LogP contribution in [0.3, 0.4) is 0 Å². The molecule has 1 fully saturated rings. The molecule has 1 aromatic rings. The van der Waals surface area contributed by atoms with Crippen molar-refractivity contribution in [3.05, 3.63) is 16.6 Å². The zero-order chi connectivity index (χ0) is 13.0. The van der Waals surface area contributed by atoms with E-state index in [1.807, 2.05) is 18.6 Å². The summed E-state index contributed by atoms with van der Waals surface area (Å²) in [7, 11) is 0. The molecular formula is C12H19N3O2S. The minimum atomic E-state index is -0.198. The lowest BCUT2D eigenvalue weighted by Crippen LogP contribution is -2.55. The first kappa shape index (κ1) is 13.5. The summed E-state index contributed by atoms with van der Waals surface area (Å²) in [6.45, 7) is 6.79. The number of hydrogen-bond donors (Lipinski definition) is 1. The van der Waals surface area contributed by atoms with E-state index >= 15 is 0 Å². The lowest BCUT2D eigenvalue weighted by atomic mass is 10.1. The number of carbonyl (C=O) groups is 1. The van der Waals surface area contributed by atoms with E-state index in [9.17, 15) is 4.79 Å². The second kappa shape index (κ2) is 6.26. The number of nitrogens with zero attached hydrogens (tertiary/aromatic N) is 2. The van der Waals surface area contributed by atoms with Gasteiger partial charge >= 0.3 is 5.97 Å². The molecule has 2 rings (SSSR count). The van der Waals surface area contributed by atoms with E-state index in [0.717, 1.165) is 13.1 Å². The predicted octanol–water partition coefficient (Wildman–Crippen LogP) is 1.04. The number of carbonyl (C=O) groups excluding carboxylic acids is 1. The highest BCUT2D eigenvalue weighted by atomic mass is 32.1. The second-order valence-corrected chi connectivity index (χ2v) is 5.21. The number of esters is 1. The Morgan fingerprint density at radius 2 is 2.61 bits per heavy atom. The molecule has 1 aliphatic rings. The molecule has 6 heteroatoms. The SMILES string of the molecule is CCOC(=O)C1CNCCN1C(C)c1cncs1. The Labute approximate surface area is 111 Å². The average Bonchev–Trinajstić information content (AvgIpc) is 2.92. The van der Waals surface area contributed by atoms with Gasteiger partial charge in [-0.15, -0.1) is 11.3 Å². The van der Waals surface area contributed by atoms with E-state index in [1.165, 1.54) is 4.88 Å². The molecule has 0 aromatic carbocycles. The van der Waals surface area contributed by atoms with E-state index in [4.69, 9.17) is 4.74 Å². The zero-order valence-electron chi connectivity index (χ0n) is 10.8. The van der Waals surface area contributed by atoms with Crippen molar-refractivity contribution in [2.45, 2.75) is 25.9 Å². The molecule has 1 N–H and O–H groups in total. The van der Waals surface area contributed by atoms with Crippen LogP contribution < -0.4 is 5.32 Å². The quantitative estimate of drug-likeness (QED) is 0.828. The topological polar surface area (TPSA) is 54.5 Å². The summed E-state index contributed by atoms with van der Waals surface area (Å²) in [5.74, 6) is -0.138. The largest absolute Gasteiger partial charge is 0.465 e. The van der Waals surface area contributed by atoms with Gasteiger partial charge in [0.05, 0.1) is 12.1 Å². The number of hydrogen-bond acceptors (Lipinski definition) is 6. The summed E-state index contributed by atoms with van der Waals surface area (Å²) in [4.78, 5) is 19.5. The molecule has 0 radical (unpaired) electrons. The molecule has 0 aliphatic carbocycles. The van der Waals surface area contributed by atoms with Crippen LogP contribution in [0.1, 0.15) is 24.8 Å². The summed E-state index contributed by atoms with van der Waals surface area (Å²) in [6, 6.07) is 0.00445. The third-order valence-electron chi connectivity index (χ3n) is 3.20. The standard InChI is InChI=1S/C12H19N3O2S/c1-3-17-12(16)10-6-13-4-5-15(10)9(2)11-7-14-8-18-11/h7-10,13H,3-6H2,1-2H3. The van der Waals surface area contributed by atoms with Crippen LogP contribution in [0, 0.1) is 0 Å².